The second-order valence-electron chi connectivity index (χ2n) is 6.31. The van der Waals surface area contributed by atoms with E-state index in [2.05, 4.69) is 25.1 Å². The zero-order valence-corrected chi connectivity index (χ0v) is 11.5. The number of hydrogen-bond acceptors (Lipinski definition) is 2. The van der Waals surface area contributed by atoms with E-state index in [-0.39, 0.29) is 11.2 Å². The highest BCUT2D eigenvalue weighted by Gasteiger charge is 2.49. The van der Waals surface area contributed by atoms with E-state index in [9.17, 15) is 9.90 Å². The lowest BCUT2D eigenvalue weighted by Crippen LogP contribution is -2.32. The summed E-state index contributed by atoms with van der Waals surface area (Å²) in [6.45, 7) is 2.13. The molecule has 1 fully saturated rings. The highest BCUT2D eigenvalue weighted by atomic mass is 16.3. The molecule has 2 atom stereocenters. The maximum absolute atomic E-state index is 12.2. The standard InChI is InChI=1S/C18H16O2/c1-18-9-8-14-13-5-3-12(19)10-11(13)2-4-15(14)16(18)6-7-17(18)20/h2,4,10,16,19H,6-9H2,1H3/t16-,18-/m0/s1. The highest BCUT2D eigenvalue weighted by Crippen LogP contribution is 2.54. The number of fused-ring (bicyclic) bond motifs is 5. The Labute approximate surface area is 118 Å². The first-order valence-corrected chi connectivity index (χ1v) is 7.21. The maximum Gasteiger partial charge on any atom is 0.168 e. The van der Waals surface area contributed by atoms with Crippen LogP contribution < -0.4 is 0 Å². The number of carbonyl (C=O) groups is 1. The fourth-order valence-electron chi connectivity index (χ4n) is 4.13. The Kier molecular flexibility index (Phi) is 2.22. The number of aromatic hydroxyl groups is 1. The number of Topliss-reactive ketones (excluding diaryl/α,β-unsaturated/α-hetero) is 1. The van der Waals surface area contributed by atoms with Crippen LogP contribution in [0.5, 0.6) is 5.75 Å². The molecule has 0 bridgehead atoms. The van der Waals surface area contributed by atoms with Gasteiger partial charge in [-0.15, -0.1) is 0 Å². The summed E-state index contributed by atoms with van der Waals surface area (Å²) in [6, 6.07) is 11.8. The molecule has 0 heterocycles. The van der Waals surface area contributed by atoms with E-state index in [1.54, 1.807) is 6.07 Å². The van der Waals surface area contributed by atoms with Crippen LogP contribution in [0.25, 0.3) is 10.8 Å². The Morgan fingerprint density at radius 2 is 2.15 bits per heavy atom. The lowest BCUT2D eigenvalue weighted by molar-refractivity contribution is -0.126. The molecule has 0 aromatic heterocycles. The molecule has 20 heavy (non-hydrogen) atoms. The maximum atomic E-state index is 12.2. The van der Waals surface area contributed by atoms with Crippen molar-refractivity contribution in [1.82, 2.24) is 0 Å². The minimum Gasteiger partial charge on any atom is -0.501 e. The summed E-state index contributed by atoms with van der Waals surface area (Å²) in [5.41, 5.74) is 2.45. The third-order valence-electron chi connectivity index (χ3n) is 5.33. The van der Waals surface area contributed by atoms with Gasteiger partial charge in [-0.2, -0.15) is 0 Å². The van der Waals surface area contributed by atoms with Crippen molar-refractivity contribution in [3.05, 3.63) is 41.5 Å². The van der Waals surface area contributed by atoms with Gasteiger partial charge in [-0.05, 0) is 53.8 Å². The summed E-state index contributed by atoms with van der Waals surface area (Å²) in [6.07, 6.45) is 3.53. The van der Waals surface area contributed by atoms with Crippen molar-refractivity contribution in [3.8, 4) is 5.75 Å². The van der Waals surface area contributed by atoms with E-state index >= 15 is 0 Å². The Hall–Kier alpha value is -2.01. The molecule has 0 unspecified atom stereocenters. The van der Waals surface area contributed by atoms with Gasteiger partial charge in [0.15, 0.2) is 5.75 Å². The topological polar surface area (TPSA) is 37.3 Å². The Bertz CT molecular complexity index is 732. The van der Waals surface area contributed by atoms with Crippen LogP contribution >= 0.6 is 0 Å². The fourth-order valence-corrected chi connectivity index (χ4v) is 4.13. The predicted molar refractivity (Wildman–Crippen MR) is 76.7 cm³/mol. The van der Waals surface area contributed by atoms with Crippen LogP contribution in [-0.2, 0) is 11.2 Å². The SMILES string of the molecule is C[C@]12CCc3c(ccc4cc(O)c#cc34)[C@@H]1CCC2=O. The molecule has 1 saturated carbocycles. The Morgan fingerprint density at radius 1 is 1.30 bits per heavy atom. The van der Waals surface area contributed by atoms with Crippen LogP contribution in [0, 0.1) is 17.5 Å². The smallest absolute Gasteiger partial charge is 0.168 e. The van der Waals surface area contributed by atoms with Crippen molar-refractivity contribution in [2.45, 2.75) is 38.5 Å². The summed E-state index contributed by atoms with van der Waals surface area (Å²) in [4.78, 5) is 12.2. The predicted octanol–water partition coefficient (Wildman–Crippen LogP) is 3.54. The second-order valence-corrected chi connectivity index (χ2v) is 6.31. The number of aryl methyl sites for hydroxylation is 1. The zero-order valence-electron chi connectivity index (χ0n) is 11.5. The van der Waals surface area contributed by atoms with Crippen LogP contribution in [0.3, 0.4) is 0 Å². The zero-order chi connectivity index (χ0) is 13.9. The molecule has 2 heteroatoms. The molecule has 1 N–H and O–H groups in total. The van der Waals surface area contributed by atoms with Crippen molar-refractivity contribution in [2.24, 2.45) is 5.41 Å². The second kappa shape index (κ2) is 3.76. The monoisotopic (exact) mass is 264 g/mol. The van der Waals surface area contributed by atoms with E-state index in [0.717, 1.165) is 30.0 Å². The van der Waals surface area contributed by atoms with E-state index in [0.29, 0.717) is 18.1 Å². The average Bonchev–Trinajstić information content (AvgIpc) is 2.74. The quantitative estimate of drug-likeness (QED) is 0.790. The Balaban J connectivity index is 1.95. The van der Waals surface area contributed by atoms with Gasteiger partial charge < -0.3 is 5.11 Å². The van der Waals surface area contributed by atoms with Gasteiger partial charge in [0.1, 0.15) is 5.78 Å². The summed E-state index contributed by atoms with van der Waals surface area (Å²) >= 11 is 0. The minimum absolute atomic E-state index is 0.133. The molecule has 0 amide bonds. The molecule has 0 spiro atoms. The van der Waals surface area contributed by atoms with Gasteiger partial charge in [0.25, 0.3) is 0 Å². The highest BCUT2D eigenvalue weighted by molar-refractivity contribution is 5.91. The number of hydrogen-bond donors (Lipinski definition) is 1. The third-order valence-corrected chi connectivity index (χ3v) is 5.33. The van der Waals surface area contributed by atoms with E-state index < -0.39 is 0 Å². The van der Waals surface area contributed by atoms with Crippen LogP contribution in [-0.4, -0.2) is 10.9 Å². The molecule has 2 aliphatic carbocycles. The van der Waals surface area contributed by atoms with Crippen LogP contribution in [0.4, 0.5) is 0 Å². The molecule has 0 radical (unpaired) electrons. The number of carbonyl (C=O) groups excluding carboxylic acids is 1. The Morgan fingerprint density at radius 3 is 3.00 bits per heavy atom. The molecular weight excluding hydrogens is 248 g/mol. The van der Waals surface area contributed by atoms with Gasteiger partial charge in [-0.25, -0.2) is 0 Å². The van der Waals surface area contributed by atoms with Gasteiger partial charge in [0.2, 0.25) is 0 Å². The lowest BCUT2D eigenvalue weighted by Gasteiger charge is -2.36. The van der Waals surface area contributed by atoms with Crippen molar-refractivity contribution in [3.63, 3.8) is 0 Å². The first kappa shape index (κ1) is 11.8. The third kappa shape index (κ3) is 1.38. The first-order chi connectivity index (χ1) is 9.59. The molecule has 4 rings (SSSR count). The van der Waals surface area contributed by atoms with Crippen LogP contribution in [0.1, 0.15) is 43.2 Å². The number of rotatable bonds is 0. The molecule has 100 valence electrons. The van der Waals surface area contributed by atoms with Crippen LogP contribution in [0.2, 0.25) is 0 Å². The number of benzene rings is 1. The van der Waals surface area contributed by atoms with Gasteiger partial charge in [-0.3, -0.25) is 4.79 Å². The molecule has 2 nitrogen and oxygen atoms in total. The van der Waals surface area contributed by atoms with Crippen molar-refractivity contribution < 1.29 is 9.90 Å². The fraction of sp³-hybridized carbons (Fsp3) is 0.389. The van der Waals surface area contributed by atoms with Crippen LogP contribution in [0.15, 0.2) is 18.2 Å². The molecule has 2 aliphatic rings. The van der Waals surface area contributed by atoms with Gasteiger partial charge >= 0.3 is 0 Å². The summed E-state index contributed by atoms with van der Waals surface area (Å²) in [5.74, 6) is 0.911. The van der Waals surface area contributed by atoms with Gasteiger partial charge in [-0.1, -0.05) is 25.1 Å². The van der Waals surface area contributed by atoms with Gasteiger partial charge in [0, 0.05) is 17.2 Å². The molecule has 0 saturated heterocycles. The minimum atomic E-state index is -0.165. The molecule has 2 aromatic carbocycles. The first-order valence-electron chi connectivity index (χ1n) is 7.21. The van der Waals surface area contributed by atoms with E-state index in [1.807, 2.05) is 6.07 Å². The largest absolute Gasteiger partial charge is 0.501 e. The molecule has 0 aliphatic heterocycles. The van der Waals surface area contributed by atoms with E-state index in [4.69, 9.17) is 0 Å². The summed E-state index contributed by atoms with van der Waals surface area (Å²) < 4.78 is 0. The molecule has 2 aromatic rings. The van der Waals surface area contributed by atoms with Crippen molar-refractivity contribution >= 4 is 16.6 Å². The summed E-state index contributed by atoms with van der Waals surface area (Å²) in [7, 11) is 0. The van der Waals surface area contributed by atoms with Gasteiger partial charge in [0.05, 0.1) is 0 Å². The van der Waals surface area contributed by atoms with Crippen molar-refractivity contribution in [1.29, 1.82) is 0 Å². The number of ketones is 1. The van der Waals surface area contributed by atoms with E-state index in [1.165, 1.54) is 11.1 Å². The molecular formula is C18H16O2. The average molecular weight is 264 g/mol. The summed E-state index contributed by atoms with van der Waals surface area (Å²) in [5, 5.41) is 11.6. The lowest BCUT2D eigenvalue weighted by atomic mass is 9.66. The van der Waals surface area contributed by atoms with Crippen molar-refractivity contribution in [2.75, 3.05) is 0 Å². The normalized spacial score (nSPS) is 28.1.